The highest BCUT2D eigenvalue weighted by atomic mass is 16.6. The molecular weight excluding hydrogens is 376 g/mol. The maximum absolute atomic E-state index is 10.4. The van der Waals surface area contributed by atoms with Gasteiger partial charge in [0.25, 0.3) is 0 Å². The monoisotopic (exact) mass is 408 g/mol. The summed E-state index contributed by atoms with van der Waals surface area (Å²) in [7, 11) is 0. The molecule has 7 heteroatoms. The largest absolute Gasteiger partial charge is 0.394 e. The molecule has 0 saturated carbocycles. The van der Waals surface area contributed by atoms with E-state index in [2.05, 4.69) is 11.8 Å². The zero-order valence-corrected chi connectivity index (χ0v) is 16.9. The highest BCUT2D eigenvalue weighted by molar-refractivity contribution is 5.40. The Morgan fingerprint density at radius 2 is 1.41 bits per heavy atom. The summed E-state index contributed by atoms with van der Waals surface area (Å²) >= 11 is 0. The predicted octanol–water partition coefficient (Wildman–Crippen LogP) is 0.562. The maximum Gasteiger partial charge on any atom is 0.0977 e. The normalized spacial score (nSPS) is 19.4. The third-order valence-corrected chi connectivity index (χ3v) is 4.22. The average Bonchev–Trinajstić information content (AvgIpc) is 2.76. The van der Waals surface area contributed by atoms with Crippen LogP contribution in [0.1, 0.15) is 6.42 Å². The van der Waals surface area contributed by atoms with E-state index in [1.165, 1.54) is 0 Å². The lowest BCUT2D eigenvalue weighted by atomic mass is 9.75. The number of hydrogen-bond donors (Lipinski definition) is 2. The highest BCUT2D eigenvalue weighted by Gasteiger charge is 2.35. The zero-order chi connectivity index (χ0) is 21.2. The van der Waals surface area contributed by atoms with E-state index < -0.39 is 11.5 Å². The van der Waals surface area contributed by atoms with Crippen molar-refractivity contribution in [2.45, 2.75) is 12.5 Å². The Kier molecular flexibility index (Phi) is 14.1. The smallest absolute Gasteiger partial charge is 0.0977 e. The molecule has 0 aliphatic heterocycles. The van der Waals surface area contributed by atoms with Gasteiger partial charge in [-0.05, 0) is 0 Å². The summed E-state index contributed by atoms with van der Waals surface area (Å²) in [6.07, 6.45) is 16.0. The summed E-state index contributed by atoms with van der Waals surface area (Å²) in [4.78, 5) is 0. The predicted molar refractivity (Wildman–Crippen MR) is 109 cm³/mol. The van der Waals surface area contributed by atoms with Crippen molar-refractivity contribution in [2.75, 3.05) is 72.7 Å². The third kappa shape index (κ3) is 10.6. The van der Waals surface area contributed by atoms with Crippen LogP contribution in [0.15, 0.2) is 23.8 Å². The molecule has 0 fully saturated rings. The Morgan fingerprint density at radius 3 is 1.90 bits per heavy atom. The van der Waals surface area contributed by atoms with Crippen LogP contribution in [-0.2, 0) is 23.7 Å². The molecule has 2 atom stereocenters. The quantitative estimate of drug-likeness (QED) is 0.269. The van der Waals surface area contributed by atoms with Crippen LogP contribution >= 0.6 is 0 Å². The van der Waals surface area contributed by atoms with E-state index in [0.29, 0.717) is 65.9 Å². The van der Waals surface area contributed by atoms with Crippen molar-refractivity contribution in [1.82, 2.24) is 0 Å². The molecule has 0 heterocycles. The van der Waals surface area contributed by atoms with E-state index in [4.69, 9.17) is 41.6 Å². The molecule has 0 aromatic rings. The van der Waals surface area contributed by atoms with Crippen LogP contribution in [0, 0.1) is 30.1 Å². The second-order valence-electron chi connectivity index (χ2n) is 6.32. The Hall–Kier alpha value is -1.68. The van der Waals surface area contributed by atoms with Gasteiger partial charge in [0, 0.05) is 12.0 Å². The van der Waals surface area contributed by atoms with Gasteiger partial charge in [0.15, 0.2) is 0 Å². The molecule has 0 aromatic carbocycles. The van der Waals surface area contributed by atoms with Crippen LogP contribution in [0.2, 0.25) is 0 Å². The van der Waals surface area contributed by atoms with Crippen molar-refractivity contribution in [3.05, 3.63) is 23.8 Å². The lowest BCUT2D eigenvalue weighted by Crippen LogP contribution is -2.37. The molecule has 0 amide bonds. The molecule has 0 bridgehead atoms. The molecule has 0 spiro atoms. The van der Waals surface area contributed by atoms with Crippen LogP contribution in [0.4, 0.5) is 0 Å². The van der Waals surface area contributed by atoms with E-state index in [9.17, 15) is 5.11 Å². The molecule has 1 rings (SSSR count). The molecule has 162 valence electrons. The fourth-order valence-corrected chi connectivity index (χ4v) is 2.58. The molecule has 29 heavy (non-hydrogen) atoms. The average molecular weight is 408 g/mol. The van der Waals surface area contributed by atoms with Crippen molar-refractivity contribution in [3.8, 4) is 24.7 Å². The number of rotatable bonds is 17. The minimum atomic E-state index is -0.849. The summed E-state index contributed by atoms with van der Waals surface area (Å²) in [6.45, 7) is 3.96. The van der Waals surface area contributed by atoms with E-state index in [0.717, 1.165) is 5.57 Å². The van der Waals surface area contributed by atoms with Crippen molar-refractivity contribution in [1.29, 1.82) is 0 Å². The highest BCUT2D eigenvalue weighted by Crippen LogP contribution is 2.34. The van der Waals surface area contributed by atoms with E-state index in [1.807, 2.05) is 6.08 Å². The summed E-state index contributed by atoms with van der Waals surface area (Å²) < 4.78 is 26.6. The molecule has 1 aliphatic rings. The van der Waals surface area contributed by atoms with Crippen molar-refractivity contribution < 1.29 is 33.9 Å². The standard InChI is InChI=1S/C22H32O7/c1-3-20-6-5-7-22(4-2,18-20)21(24)19-29-17-16-28-15-14-27-13-12-26-11-10-25-9-8-23/h1-2,5-7,21,23-24H,8-19H2. The van der Waals surface area contributed by atoms with Crippen LogP contribution in [0.3, 0.4) is 0 Å². The number of ether oxygens (including phenoxy) is 5. The lowest BCUT2D eigenvalue weighted by molar-refractivity contribution is -0.0342. The molecule has 1 aliphatic carbocycles. The van der Waals surface area contributed by atoms with Crippen molar-refractivity contribution in [3.63, 3.8) is 0 Å². The molecule has 0 saturated heterocycles. The summed E-state index contributed by atoms with van der Waals surface area (Å²) in [6, 6.07) is 0. The van der Waals surface area contributed by atoms with Gasteiger partial charge >= 0.3 is 0 Å². The van der Waals surface area contributed by atoms with Gasteiger partial charge in [-0.25, -0.2) is 0 Å². The first-order valence-corrected chi connectivity index (χ1v) is 9.69. The van der Waals surface area contributed by atoms with Gasteiger partial charge in [0.2, 0.25) is 0 Å². The minimum absolute atomic E-state index is 0.0166. The van der Waals surface area contributed by atoms with Crippen molar-refractivity contribution >= 4 is 0 Å². The molecule has 2 unspecified atom stereocenters. The van der Waals surface area contributed by atoms with Gasteiger partial charge in [-0.15, -0.1) is 12.8 Å². The van der Waals surface area contributed by atoms with Gasteiger partial charge in [-0.1, -0.05) is 30.1 Å². The lowest BCUT2D eigenvalue weighted by Gasteiger charge is -2.32. The van der Waals surface area contributed by atoms with Crippen LogP contribution < -0.4 is 0 Å². The first kappa shape index (κ1) is 25.4. The molecule has 2 N–H and O–H groups in total. The molecular formula is C22H32O7. The van der Waals surface area contributed by atoms with Crippen LogP contribution in [0.25, 0.3) is 0 Å². The number of allylic oxidation sites excluding steroid dienone is 3. The summed E-state index contributed by atoms with van der Waals surface area (Å²) in [5.41, 5.74) is -0.0775. The van der Waals surface area contributed by atoms with Crippen LogP contribution in [-0.4, -0.2) is 89.0 Å². The fraction of sp³-hybridized carbons (Fsp3) is 0.636. The first-order valence-electron chi connectivity index (χ1n) is 9.69. The Balaban J connectivity index is 1.97. The van der Waals surface area contributed by atoms with E-state index in [-0.39, 0.29) is 13.2 Å². The number of terminal acetylenes is 2. The second kappa shape index (κ2) is 16.2. The van der Waals surface area contributed by atoms with Gasteiger partial charge < -0.3 is 33.9 Å². The summed E-state index contributed by atoms with van der Waals surface area (Å²) in [5, 5.41) is 19.0. The molecule has 0 aromatic heterocycles. The summed E-state index contributed by atoms with van der Waals surface area (Å²) in [5.74, 6) is 5.23. The Labute approximate surface area is 173 Å². The number of aliphatic hydroxyl groups excluding tert-OH is 2. The van der Waals surface area contributed by atoms with Gasteiger partial charge in [0.1, 0.15) is 0 Å². The Bertz CT molecular complexity index is 573. The van der Waals surface area contributed by atoms with Gasteiger partial charge in [-0.2, -0.15) is 0 Å². The topological polar surface area (TPSA) is 86.6 Å². The molecule has 7 nitrogen and oxygen atoms in total. The fourth-order valence-electron chi connectivity index (χ4n) is 2.58. The number of hydrogen-bond acceptors (Lipinski definition) is 7. The second-order valence-corrected chi connectivity index (χ2v) is 6.32. The first-order chi connectivity index (χ1) is 14.2. The van der Waals surface area contributed by atoms with Gasteiger partial charge in [-0.3, -0.25) is 0 Å². The van der Waals surface area contributed by atoms with Crippen molar-refractivity contribution in [2.24, 2.45) is 5.41 Å². The Morgan fingerprint density at radius 1 is 0.897 bits per heavy atom. The maximum atomic E-state index is 10.4. The third-order valence-electron chi connectivity index (χ3n) is 4.22. The van der Waals surface area contributed by atoms with Gasteiger partial charge in [0.05, 0.1) is 84.2 Å². The zero-order valence-electron chi connectivity index (χ0n) is 16.9. The van der Waals surface area contributed by atoms with Crippen LogP contribution in [0.5, 0.6) is 0 Å². The van der Waals surface area contributed by atoms with E-state index in [1.54, 1.807) is 12.2 Å². The number of aliphatic hydroxyl groups is 2. The SMILES string of the molecule is C#CC1=CC=CC(C#C)(C(O)COCCOCCOCCOCCOCCO)C1. The minimum Gasteiger partial charge on any atom is -0.394 e. The van der Waals surface area contributed by atoms with E-state index >= 15 is 0 Å². The molecule has 0 radical (unpaired) electrons.